The molecule has 0 aromatic carbocycles. The smallest absolute Gasteiger partial charge is 0.338 e. The lowest BCUT2D eigenvalue weighted by molar-refractivity contribution is 0.0941. The van der Waals surface area contributed by atoms with Gasteiger partial charge in [-0.15, -0.1) is 0 Å². The quantitative estimate of drug-likeness (QED) is 0.480. The number of unbranched alkanes of at least 4 members (excludes halogenated alkanes) is 2. The van der Waals surface area contributed by atoms with Crippen molar-refractivity contribution in [2.45, 2.75) is 76.9 Å². The van der Waals surface area contributed by atoms with Crippen molar-refractivity contribution in [3.63, 3.8) is 0 Å². The molecule has 0 aromatic rings. The van der Waals surface area contributed by atoms with Crippen LogP contribution in [0, 0.1) is 0 Å². The molecule has 0 spiro atoms. The van der Waals surface area contributed by atoms with E-state index in [2.05, 4.69) is 18.7 Å². The molecule has 114 valence electrons. The number of piperidine rings is 1. The van der Waals surface area contributed by atoms with Gasteiger partial charge in [0.15, 0.2) is 0 Å². The van der Waals surface area contributed by atoms with Crippen molar-refractivity contribution in [1.82, 2.24) is 4.90 Å². The first-order chi connectivity index (χ1) is 9.28. The van der Waals surface area contributed by atoms with Gasteiger partial charge < -0.3 is 8.85 Å². The summed E-state index contributed by atoms with van der Waals surface area (Å²) >= 11 is 0. The van der Waals surface area contributed by atoms with Crippen molar-refractivity contribution in [2.24, 2.45) is 0 Å². The van der Waals surface area contributed by atoms with Crippen molar-refractivity contribution < 1.29 is 8.85 Å². The molecule has 1 aliphatic rings. The second-order valence-electron chi connectivity index (χ2n) is 5.70. The summed E-state index contributed by atoms with van der Waals surface area (Å²) < 4.78 is 11.4. The Morgan fingerprint density at radius 2 is 1.89 bits per heavy atom. The summed E-state index contributed by atoms with van der Waals surface area (Å²) in [5, 5.41) is 0. The van der Waals surface area contributed by atoms with E-state index < -0.39 is 9.28 Å². The highest BCUT2D eigenvalue weighted by Crippen LogP contribution is 2.25. The van der Waals surface area contributed by atoms with Crippen LogP contribution in [0.1, 0.15) is 65.2 Å². The summed E-state index contributed by atoms with van der Waals surface area (Å²) in [5.74, 6) is 0. The molecule has 2 unspecified atom stereocenters. The Hall–Kier alpha value is 0.0969. The van der Waals surface area contributed by atoms with Crippen LogP contribution in [-0.4, -0.2) is 46.7 Å². The van der Waals surface area contributed by atoms with Gasteiger partial charge in [-0.05, 0) is 32.2 Å². The first kappa shape index (κ1) is 17.1. The van der Waals surface area contributed by atoms with E-state index >= 15 is 0 Å². The Morgan fingerprint density at radius 1 is 1.16 bits per heavy atom. The summed E-state index contributed by atoms with van der Waals surface area (Å²) in [4.78, 5) is 2.73. The van der Waals surface area contributed by atoms with Crippen LogP contribution < -0.4 is 0 Å². The summed E-state index contributed by atoms with van der Waals surface area (Å²) in [6.07, 6.45) is 10.5. The second-order valence-corrected chi connectivity index (χ2v) is 8.15. The fraction of sp³-hybridized carbons (Fsp3) is 1.00. The minimum Gasteiger partial charge on any atom is -0.399 e. The van der Waals surface area contributed by atoms with Crippen LogP contribution in [0.2, 0.25) is 0 Å². The molecule has 0 N–H and O–H groups in total. The fourth-order valence-corrected chi connectivity index (χ4v) is 5.40. The average Bonchev–Trinajstić information content (AvgIpc) is 2.47. The van der Waals surface area contributed by atoms with E-state index in [4.69, 9.17) is 8.85 Å². The molecule has 0 aromatic heterocycles. The topological polar surface area (TPSA) is 21.7 Å². The summed E-state index contributed by atoms with van der Waals surface area (Å²) in [6.45, 7) is 5.83. The lowest BCUT2D eigenvalue weighted by Gasteiger charge is -2.42. The third kappa shape index (κ3) is 5.18. The summed E-state index contributed by atoms with van der Waals surface area (Å²) in [6, 6.07) is 0.751. The maximum Gasteiger partial charge on any atom is 0.338 e. The zero-order chi connectivity index (χ0) is 14.1. The van der Waals surface area contributed by atoms with Crippen molar-refractivity contribution in [1.29, 1.82) is 0 Å². The maximum absolute atomic E-state index is 5.71. The van der Waals surface area contributed by atoms with Gasteiger partial charge in [0.1, 0.15) is 0 Å². The van der Waals surface area contributed by atoms with Crippen molar-refractivity contribution in [3.05, 3.63) is 0 Å². The monoisotopic (exact) mass is 287 g/mol. The average molecular weight is 288 g/mol. The highest BCUT2D eigenvalue weighted by atomic mass is 28.3. The summed E-state index contributed by atoms with van der Waals surface area (Å²) in [7, 11) is 2.11. The highest BCUT2D eigenvalue weighted by molar-refractivity contribution is 6.46. The molecule has 0 amide bonds. The molecule has 0 bridgehead atoms. The van der Waals surface area contributed by atoms with Crippen LogP contribution in [0.3, 0.4) is 0 Å². The molecule has 1 heterocycles. The van der Waals surface area contributed by atoms with Gasteiger partial charge in [-0.3, -0.25) is 4.90 Å². The zero-order valence-electron chi connectivity index (χ0n) is 13.4. The molecule has 0 saturated carbocycles. The van der Waals surface area contributed by atoms with Gasteiger partial charge in [-0.25, -0.2) is 0 Å². The molecule has 1 rings (SSSR count). The molecule has 0 radical (unpaired) electrons. The van der Waals surface area contributed by atoms with E-state index in [-0.39, 0.29) is 0 Å². The van der Waals surface area contributed by atoms with Gasteiger partial charge in [0.25, 0.3) is 0 Å². The standard InChI is InChI=1S/C15H33NO2Si/c1-5-7-8-12-15(19(17-3)18-4)16-13-10-9-11-14(16)6-2/h14-15,19H,5-13H2,1-4H3. The zero-order valence-corrected chi connectivity index (χ0v) is 14.5. The molecule has 1 saturated heterocycles. The molecule has 2 atom stereocenters. The Bertz CT molecular complexity index is 224. The third-order valence-corrected chi connectivity index (χ3v) is 6.73. The van der Waals surface area contributed by atoms with Crippen LogP contribution in [0.15, 0.2) is 0 Å². The van der Waals surface area contributed by atoms with Crippen LogP contribution in [0.5, 0.6) is 0 Å². The number of rotatable bonds is 9. The van der Waals surface area contributed by atoms with Crippen molar-refractivity contribution in [3.8, 4) is 0 Å². The van der Waals surface area contributed by atoms with Crippen molar-refractivity contribution in [2.75, 3.05) is 20.8 Å². The Morgan fingerprint density at radius 3 is 2.47 bits per heavy atom. The molecule has 0 aliphatic carbocycles. The van der Waals surface area contributed by atoms with Crippen LogP contribution in [-0.2, 0) is 8.85 Å². The maximum atomic E-state index is 5.71. The molecular weight excluding hydrogens is 254 g/mol. The van der Waals surface area contributed by atoms with E-state index in [0.29, 0.717) is 5.67 Å². The molecule has 1 aliphatic heterocycles. The SMILES string of the molecule is CCCCCC(N1CCCCC1CC)[SiH](OC)OC. The van der Waals surface area contributed by atoms with E-state index in [0.717, 1.165) is 6.04 Å². The predicted octanol–water partition coefficient (Wildman–Crippen LogP) is 3.25. The highest BCUT2D eigenvalue weighted by Gasteiger charge is 2.34. The Balaban J connectivity index is 2.68. The Labute approximate surface area is 121 Å². The van der Waals surface area contributed by atoms with Gasteiger partial charge in [0.05, 0.1) is 5.67 Å². The number of hydrogen-bond acceptors (Lipinski definition) is 3. The van der Waals surface area contributed by atoms with E-state index in [1.807, 2.05) is 14.2 Å². The predicted molar refractivity (Wildman–Crippen MR) is 83.7 cm³/mol. The second kappa shape index (κ2) is 9.92. The van der Waals surface area contributed by atoms with Gasteiger partial charge in [0, 0.05) is 20.3 Å². The summed E-state index contributed by atoms with van der Waals surface area (Å²) in [5.41, 5.74) is 0.562. The largest absolute Gasteiger partial charge is 0.399 e. The molecule has 3 nitrogen and oxygen atoms in total. The normalized spacial score (nSPS) is 22.9. The molecular formula is C15H33NO2Si. The lowest BCUT2D eigenvalue weighted by atomic mass is 9.99. The lowest BCUT2D eigenvalue weighted by Crippen LogP contribution is -2.54. The van der Waals surface area contributed by atoms with Gasteiger partial charge in [-0.1, -0.05) is 39.5 Å². The van der Waals surface area contributed by atoms with Gasteiger partial charge >= 0.3 is 9.28 Å². The first-order valence-electron chi connectivity index (χ1n) is 8.09. The minimum atomic E-state index is -1.55. The molecule has 1 fully saturated rings. The first-order valence-corrected chi connectivity index (χ1v) is 9.70. The number of likely N-dealkylation sites (tertiary alicyclic amines) is 1. The van der Waals surface area contributed by atoms with Crippen LogP contribution in [0.25, 0.3) is 0 Å². The molecule has 4 heteroatoms. The van der Waals surface area contributed by atoms with E-state index in [1.165, 1.54) is 57.9 Å². The molecule has 19 heavy (non-hydrogen) atoms. The number of nitrogens with zero attached hydrogens (tertiary/aromatic N) is 1. The Kier molecular flexibility index (Phi) is 8.95. The van der Waals surface area contributed by atoms with E-state index in [1.54, 1.807) is 0 Å². The van der Waals surface area contributed by atoms with Crippen LogP contribution >= 0.6 is 0 Å². The van der Waals surface area contributed by atoms with Crippen molar-refractivity contribution >= 4 is 9.28 Å². The van der Waals surface area contributed by atoms with Gasteiger partial charge in [-0.2, -0.15) is 0 Å². The van der Waals surface area contributed by atoms with Gasteiger partial charge in [0.2, 0.25) is 0 Å². The minimum absolute atomic E-state index is 0.562. The fourth-order valence-electron chi connectivity index (χ4n) is 3.37. The third-order valence-electron chi connectivity index (χ3n) is 4.45. The van der Waals surface area contributed by atoms with E-state index in [9.17, 15) is 0 Å². The van der Waals surface area contributed by atoms with Crippen LogP contribution in [0.4, 0.5) is 0 Å². The number of hydrogen-bond donors (Lipinski definition) is 0.